The highest BCUT2D eigenvalue weighted by atomic mass is 16.7. The molecule has 0 saturated carbocycles. The molecule has 11 nitrogen and oxygen atoms in total. The second kappa shape index (κ2) is 41.0. The molecule has 0 aromatic carbocycles. The molecular formula is C52H102N4O7. The molecule has 1 aliphatic heterocycles. The molecule has 0 bridgehead atoms. The largest absolute Gasteiger partial charge is 0.390 e. The maximum atomic E-state index is 11.4. The molecule has 0 aliphatic carbocycles. The Balaban J connectivity index is 1.60. The van der Waals surface area contributed by atoms with Gasteiger partial charge in [-0.05, 0) is 19.4 Å². The minimum atomic E-state index is -1.48. The summed E-state index contributed by atoms with van der Waals surface area (Å²) in [6, 6.07) is -0.601. The Labute approximate surface area is 386 Å². The van der Waals surface area contributed by atoms with Crippen LogP contribution < -0.4 is 5.32 Å². The second-order valence-corrected chi connectivity index (χ2v) is 19.4. The number of hydrogen-bond acceptors (Lipinski definition) is 10. The van der Waals surface area contributed by atoms with Gasteiger partial charge in [0.15, 0.2) is 6.29 Å². The number of aliphatic hydroxyl groups excluding tert-OH is 5. The van der Waals surface area contributed by atoms with E-state index in [9.17, 15) is 25.5 Å². The first-order valence-electron chi connectivity index (χ1n) is 27.1. The Morgan fingerprint density at radius 1 is 0.540 bits per heavy atom. The highest BCUT2D eigenvalue weighted by molar-refractivity contribution is 4.90. The number of hydrogen-bond donors (Lipinski definition) is 6. The van der Waals surface area contributed by atoms with Crippen LogP contribution in [0.4, 0.5) is 0 Å². The van der Waals surface area contributed by atoms with Crippen LogP contribution in [0.1, 0.15) is 251 Å². The van der Waals surface area contributed by atoms with Crippen molar-refractivity contribution in [1.29, 1.82) is 0 Å². The SMILES string of the molecule is CCCCCCCCCCCCCCCCCCCCCCCCCCN[C@@H](CO[C@@H]1O[C@H](Cn2ccnn2)[C@H](O)[C@H](O)[C@H]1O)[C@H](O)[C@H](O)CCCCCCCCCCCCCC. The maximum Gasteiger partial charge on any atom is 0.186 e. The third-order valence-corrected chi connectivity index (χ3v) is 13.5. The molecule has 1 aromatic rings. The zero-order valence-corrected chi connectivity index (χ0v) is 41.0. The van der Waals surface area contributed by atoms with Crippen molar-refractivity contribution in [3.05, 3.63) is 12.4 Å². The van der Waals surface area contributed by atoms with Crippen LogP contribution in [0.5, 0.6) is 0 Å². The lowest BCUT2D eigenvalue weighted by atomic mass is 9.98. The number of nitrogens with one attached hydrogen (secondary N) is 1. The van der Waals surface area contributed by atoms with Gasteiger partial charge in [0.05, 0.1) is 37.6 Å². The molecule has 11 heteroatoms. The maximum absolute atomic E-state index is 11.4. The van der Waals surface area contributed by atoms with Crippen molar-refractivity contribution in [1.82, 2.24) is 20.3 Å². The summed E-state index contributed by atoms with van der Waals surface area (Å²) in [6.45, 7) is 5.29. The molecule has 1 aliphatic rings. The molecule has 1 fully saturated rings. The average Bonchev–Trinajstić information content (AvgIpc) is 3.81. The summed E-state index contributed by atoms with van der Waals surface area (Å²) >= 11 is 0. The first-order chi connectivity index (χ1) is 30.9. The zero-order chi connectivity index (χ0) is 45.4. The van der Waals surface area contributed by atoms with E-state index in [2.05, 4.69) is 29.5 Å². The Morgan fingerprint density at radius 3 is 1.33 bits per heavy atom. The van der Waals surface area contributed by atoms with Crippen LogP contribution in [0, 0.1) is 0 Å². The lowest BCUT2D eigenvalue weighted by molar-refractivity contribution is -0.301. The van der Waals surface area contributed by atoms with Gasteiger partial charge in [-0.2, -0.15) is 0 Å². The van der Waals surface area contributed by atoms with Crippen LogP contribution >= 0.6 is 0 Å². The van der Waals surface area contributed by atoms with E-state index < -0.39 is 49.0 Å². The number of rotatable bonds is 46. The monoisotopic (exact) mass is 895 g/mol. The molecular weight excluding hydrogens is 793 g/mol. The number of aliphatic hydroxyl groups is 5. The standard InChI is InChI=1S/C52H102N4O7/c1-3-5-7-9-11-13-15-17-18-19-20-21-22-23-24-25-26-27-28-30-32-34-36-38-40-53-45(48(58)46(57)39-37-35-33-31-29-16-14-12-10-8-6-4-2)44-62-52-51(61)50(60)49(59)47(63-52)43-56-42-41-54-55-56/h41-42,45-53,57-61H,3-40,43-44H2,1-2H3/t45-,46+,47+,48-,49-,50-,51+,52+/m0/s1. The van der Waals surface area contributed by atoms with Crippen LogP contribution in [0.3, 0.4) is 0 Å². The number of ether oxygens (including phenoxy) is 2. The van der Waals surface area contributed by atoms with Gasteiger partial charge in [0.25, 0.3) is 0 Å². The van der Waals surface area contributed by atoms with Crippen molar-refractivity contribution < 1.29 is 35.0 Å². The fraction of sp³-hybridized carbons (Fsp3) is 0.962. The Hall–Kier alpha value is -1.18. The van der Waals surface area contributed by atoms with Crippen molar-refractivity contribution >= 4 is 0 Å². The van der Waals surface area contributed by atoms with Gasteiger partial charge in [-0.3, -0.25) is 0 Å². The summed E-state index contributed by atoms with van der Waals surface area (Å²) in [6.07, 6.45) is 42.6. The molecule has 1 saturated heterocycles. The van der Waals surface area contributed by atoms with Gasteiger partial charge < -0.3 is 40.3 Å². The molecule has 372 valence electrons. The lowest BCUT2D eigenvalue weighted by Gasteiger charge is -2.41. The Bertz CT molecular complexity index is 1090. The molecule has 2 heterocycles. The summed E-state index contributed by atoms with van der Waals surface area (Å²) < 4.78 is 13.4. The van der Waals surface area contributed by atoms with E-state index in [0.717, 1.165) is 32.1 Å². The molecule has 0 radical (unpaired) electrons. The van der Waals surface area contributed by atoms with Gasteiger partial charge in [-0.1, -0.05) is 244 Å². The van der Waals surface area contributed by atoms with Crippen LogP contribution in [-0.4, -0.2) is 103 Å². The highest BCUT2D eigenvalue weighted by Gasteiger charge is 2.45. The molecule has 0 spiro atoms. The van der Waals surface area contributed by atoms with Gasteiger partial charge >= 0.3 is 0 Å². The number of aromatic nitrogens is 3. The van der Waals surface area contributed by atoms with Crippen molar-refractivity contribution in [2.24, 2.45) is 0 Å². The summed E-state index contributed by atoms with van der Waals surface area (Å²) in [5.74, 6) is 0. The van der Waals surface area contributed by atoms with Crippen LogP contribution in [-0.2, 0) is 16.0 Å². The molecule has 8 atom stereocenters. The predicted molar refractivity (Wildman–Crippen MR) is 259 cm³/mol. The van der Waals surface area contributed by atoms with Gasteiger partial charge in [0, 0.05) is 6.20 Å². The molecule has 0 unspecified atom stereocenters. The summed E-state index contributed by atoms with van der Waals surface area (Å²) in [4.78, 5) is 0. The van der Waals surface area contributed by atoms with Crippen molar-refractivity contribution in [3.63, 3.8) is 0 Å². The van der Waals surface area contributed by atoms with Gasteiger partial charge in [0.1, 0.15) is 24.4 Å². The Morgan fingerprint density at radius 2 is 0.937 bits per heavy atom. The van der Waals surface area contributed by atoms with Crippen molar-refractivity contribution in [2.75, 3.05) is 13.2 Å². The van der Waals surface area contributed by atoms with E-state index in [1.165, 1.54) is 210 Å². The van der Waals surface area contributed by atoms with Crippen LogP contribution in [0.2, 0.25) is 0 Å². The minimum Gasteiger partial charge on any atom is -0.390 e. The molecule has 2 rings (SSSR count). The van der Waals surface area contributed by atoms with Gasteiger partial charge in [0.2, 0.25) is 0 Å². The Kier molecular flexibility index (Phi) is 37.8. The molecule has 6 N–H and O–H groups in total. The fourth-order valence-corrected chi connectivity index (χ4v) is 9.20. The summed E-state index contributed by atoms with van der Waals surface area (Å²) in [5, 5.41) is 65.5. The van der Waals surface area contributed by atoms with E-state index in [4.69, 9.17) is 9.47 Å². The van der Waals surface area contributed by atoms with Crippen LogP contribution in [0.25, 0.3) is 0 Å². The first-order valence-corrected chi connectivity index (χ1v) is 27.1. The topological polar surface area (TPSA) is 162 Å². The van der Waals surface area contributed by atoms with E-state index >= 15 is 0 Å². The minimum absolute atomic E-state index is 0.0450. The van der Waals surface area contributed by atoms with Crippen molar-refractivity contribution in [2.45, 2.75) is 307 Å². The average molecular weight is 895 g/mol. The first kappa shape index (κ1) is 57.9. The number of nitrogens with zero attached hydrogens (tertiary/aromatic N) is 3. The quantitative estimate of drug-likeness (QED) is 0.0347. The van der Waals surface area contributed by atoms with Gasteiger partial charge in [-0.25, -0.2) is 4.68 Å². The molecule has 0 amide bonds. The van der Waals surface area contributed by atoms with Gasteiger partial charge in [-0.15, -0.1) is 5.10 Å². The lowest BCUT2D eigenvalue weighted by Crippen LogP contribution is -2.60. The van der Waals surface area contributed by atoms with E-state index in [-0.39, 0.29) is 13.2 Å². The highest BCUT2D eigenvalue weighted by Crippen LogP contribution is 2.24. The van der Waals surface area contributed by atoms with E-state index in [1.807, 2.05) is 0 Å². The summed E-state index contributed by atoms with van der Waals surface area (Å²) in [5.41, 5.74) is 0. The predicted octanol–water partition coefficient (Wildman–Crippen LogP) is 11.3. The van der Waals surface area contributed by atoms with E-state index in [0.29, 0.717) is 13.0 Å². The smallest absolute Gasteiger partial charge is 0.186 e. The molecule has 1 aromatic heterocycles. The summed E-state index contributed by atoms with van der Waals surface area (Å²) in [7, 11) is 0. The third kappa shape index (κ3) is 30.0. The van der Waals surface area contributed by atoms with Crippen LogP contribution in [0.15, 0.2) is 12.4 Å². The zero-order valence-electron chi connectivity index (χ0n) is 41.0. The third-order valence-electron chi connectivity index (χ3n) is 13.5. The second-order valence-electron chi connectivity index (χ2n) is 19.4. The van der Waals surface area contributed by atoms with Crippen molar-refractivity contribution in [3.8, 4) is 0 Å². The number of unbranched alkanes of at least 4 members (excludes halogenated alkanes) is 34. The van der Waals surface area contributed by atoms with E-state index in [1.54, 1.807) is 6.20 Å². The fourth-order valence-electron chi connectivity index (χ4n) is 9.20. The normalized spacial score (nSPS) is 20.7. The molecule has 63 heavy (non-hydrogen) atoms.